The second-order valence-corrected chi connectivity index (χ2v) is 9.59. The van der Waals surface area contributed by atoms with Crippen LogP contribution >= 0.6 is 0 Å². The molecular formula is C21H32O3. The van der Waals surface area contributed by atoms with Crippen LogP contribution in [0.15, 0.2) is 12.2 Å². The molecule has 5 aliphatic carbocycles. The molecule has 0 aromatic carbocycles. The number of aliphatic hydroxyl groups is 1. The van der Waals surface area contributed by atoms with Gasteiger partial charge in [-0.3, -0.25) is 4.79 Å². The van der Waals surface area contributed by atoms with Gasteiger partial charge in [0.1, 0.15) is 0 Å². The zero-order chi connectivity index (χ0) is 17.3. The van der Waals surface area contributed by atoms with Crippen LogP contribution in [-0.2, 0) is 9.53 Å². The summed E-state index contributed by atoms with van der Waals surface area (Å²) in [6.07, 6.45) is 8.46. The van der Waals surface area contributed by atoms with Crippen molar-refractivity contribution in [2.45, 2.75) is 71.3 Å². The molecule has 5 rings (SSSR count). The first-order valence-electron chi connectivity index (χ1n) is 9.75. The fourth-order valence-corrected chi connectivity index (χ4v) is 7.74. The van der Waals surface area contributed by atoms with Gasteiger partial charge in [-0.25, -0.2) is 0 Å². The van der Waals surface area contributed by atoms with E-state index in [-0.39, 0.29) is 28.3 Å². The van der Waals surface area contributed by atoms with Crippen molar-refractivity contribution >= 4 is 5.97 Å². The van der Waals surface area contributed by atoms with E-state index in [4.69, 9.17) is 4.74 Å². The summed E-state index contributed by atoms with van der Waals surface area (Å²) >= 11 is 0. The molecule has 0 heterocycles. The molecule has 24 heavy (non-hydrogen) atoms. The molecule has 3 nitrogen and oxygen atoms in total. The van der Waals surface area contributed by atoms with Gasteiger partial charge < -0.3 is 9.84 Å². The van der Waals surface area contributed by atoms with Crippen LogP contribution in [0, 0.1) is 34.0 Å². The standard InChI is InChI=1S/C21H32O3/c1-13-14-6-10-21(17(13)22)11-7-15-19(2,16(21)12-14)8-5-9-20(15,3)18(23)24-4/h14-17,22H,1,5-12H2,2-4H3/t14-,15+,16+,17-,19-,20-,21+/m1/s1. The van der Waals surface area contributed by atoms with Crippen molar-refractivity contribution in [2.75, 3.05) is 7.11 Å². The van der Waals surface area contributed by atoms with Crippen molar-refractivity contribution in [1.82, 2.24) is 0 Å². The van der Waals surface area contributed by atoms with Gasteiger partial charge in [-0.15, -0.1) is 0 Å². The third-order valence-corrected chi connectivity index (χ3v) is 8.92. The van der Waals surface area contributed by atoms with Gasteiger partial charge in [0.25, 0.3) is 0 Å². The second-order valence-electron chi connectivity index (χ2n) is 9.59. The first-order valence-corrected chi connectivity index (χ1v) is 9.75. The summed E-state index contributed by atoms with van der Waals surface area (Å²) in [4.78, 5) is 12.6. The molecule has 0 aromatic heterocycles. The summed E-state index contributed by atoms with van der Waals surface area (Å²) in [6, 6.07) is 0. The van der Waals surface area contributed by atoms with Crippen molar-refractivity contribution in [2.24, 2.45) is 34.0 Å². The number of hydrogen-bond donors (Lipinski definition) is 1. The van der Waals surface area contributed by atoms with Gasteiger partial charge in [-0.2, -0.15) is 0 Å². The third kappa shape index (κ3) is 1.80. The zero-order valence-corrected chi connectivity index (χ0v) is 15.4. The minimum atomic E-state index is -0.359. The van der Waals surface area contributed by atoms with E-state index in [1.165, 1.54) is 26.4 Å². The normalized spacial score (nSPS) is 53.2. The number of fused-ring (bicyclic) bond motifs is 3. The first kappa shape index (κ1) is 16.6. The van der Waals surface area contributed by atoms with Gasteiger partial charge in [0, 0.05) is 5.41 Å². The minimum Gasteiger partial charge on any atom is -0.469 e. The number of carbonyl (C=O) groups is 1. The Kier molecular flexibility index (Phi) is 3.53. The molecule has 1 N–H and O–H groups in total. The molecule has 0 aromatic rings. The van der Waals surface area contributed by atoms with E-state index in [9.17, 15) is 9.90 Å². The minimum absolute atomic E-state index is 0.0193. The van der Waals surface area contributed by atoms with Crippen LogP contribution in [0.25, 0.3) is 0 Å². The molecule has 5 saturated carbocycles. The molecule has 5 fully saturated rings. The number of carbonyl (C=O) groups excluding carboxylic acids is 1. The molecule has 134 valence electrons. The average molecular weight is 332 g/mol. The molecule has 5 aliphatic rings. The highest BCUT2D eigenvalue weighted by Crippen LogP contribution is 2.72. The molecule has 0 saturated heterocycles. The highest BCUT2D eigenvalue weighted by molar-refractivity contribution is 5.77. The molecule has 2 bridgehead atoms. The Hall–Kier alpha value is -0.830. The van der Waals surface area contributed by atoms with Crippen molar-refractivity contribution in [3.05, 3.63) is 12.2 Å². The Bertz CT molecular complexity index is 584. The lowest BCUT2D eigenvalue weighted by atomic mass is 9.36. The van der Waals surface area contributed by atoms with Crippen LogP contribution < -0.4 is 0 Å². The molecule has 0 radical (unpaired) electrons. The van der Waals surface area contributed by atoms with Crippen LogP contribution in [0.2, 0.25) is 0 Å². The predicted octanol–water partition coefficient (Wildman–Crippen LogP) is 4.10. The smallest absolute Gasteiger partial charge is 0.311 e. The zero-order valence-electron chi connectivity index (χ0n) is 15.4. The maximum absolute atomic E-state index is 12.6. The highest BCUT2D eigenvalue weighted by atomic mass is 16.5. The monoisotopic (exact) mass is 332 g/mol. The van der Waals surface area contributed by atoms with Crippen molar-refractivity contribution in [3.8, 4) is 0 Å². The predicted molar refractivity (Wildman–Crippen MR) is 93.2 cm³/mol. The Morgan fingerprint density at radius 3 is 2.58 bits per heavy atom. The van der Waals surface area contributed by atoms with Gasteiger partial charge in [0.2, 0.25) is 0 Å². The highest BCUT2D eigenvalue weighted by Gasteiger charge is 2.67. The molecule has 0 aliphatic heterocycles. The quantitative estimate of drug-likeness (QED) is 0.581. The van der Waals surface area contributed by atoms with Gasteiger partial charge in [-0.05, 0) is 80.6 Å². The van der Waals surface area contributed by atoms with Crippen LogP contribution in [0.1, 0.15) is 65.2 Å². The molecule has 0 amide bonds. The van der Waals surface area contributed by atoms with Gasteiger partial charge in [-0.1, -0.05) is 19.9 Å². The summed E-state index contributed by atoms with van der Waals surface area (Å²) in [5.74, 6) is 1.35. The molecule has 7 atom stereocenters. The van der Waals surface area contributed by atoms with Crippen LogP contribution in [-0.4, -0.2) is 24.3 Å². The van der Waals surface area contributed by atoms with Crippen LogP contribution in [0.4, 0.5) is 0 Å². The Labute approximate surface area is 145 Å². The molecule has 1 spiro atoms. The van der Waals surface area contributed by atoms with E-state index in [1.54, 1.807) is 0 Å². The van der Waals surface area contributed by atoms with Crippen LogP contribution in [0.5, 0.6) is 0 Å². The molecule has 0 unspecified atom stereocenters. The number of aliphatic hydroxyl groups excluding tert-OH is 1. The lowest BCUT2D eigenvalue weighted by molar-refractivity contribution is -0.212. The van der Waals surface area contributed by atoms with E-state index in [1.807, 2.05) is 0 Å². The first-order chi connectivity index (χ1) is 11.3. The molecular weight excluding hydrogens is 300 g/mol. The summed E-state index contributed by atoms with van der Waals surface area (Å²) in [5.41, 5.74) is 0.888. The number of esters is 1. The van der Waals surface area contributed by atoms with E-state index >= 15 is 0 Å². The van der Waals surface area contributed by atoms with Gasteiger partial charge in [0.05, 0.1) is 18.6 Å². The fraction of sp³-hybridized carbons (Fsp3) is 0.857. The SMILES string of the molecule is C=C1[C@@H]2CC[C@@]3(CC[C@H]4[C@@](C)(CCC[C@@]4(C)C(=O)OC)[C@@H]3C2)[C@@H]1O. The second kappa shape index (κ2) is 5.09. The number of ether oxygens (including phenoxy) is 1. The Morgan fingerprint density at radius 2 is 1.88 bits per heavy atom. The number of rotatable bonds is 1. The summed E-state index contributed by atoms with van der Waals surface area (Å²) in [7, 11) is 1.53. The number of methoxy groups -OCH3 is 1. The fourth-order valence-electron chi connectivity index (χ4n) is 7.74. The topological polar surface area (TPSA) is 46.5 Å². The summed E-state index contributed by atoms with van der Waals surface area (Å²) < 4.78 is 5.22. The van der Waals surface area contributed by atoms with Gasteiger partial charge in [0.15, 0.2) is 0 Å². The lowest BCUT2D eigenvalue weighted by Gasteiger charge is -2.68. The summed E-state index contributed by atoms with van der Waals surface area (Å²) in [5, 5.41) is 11.1. The largest absolute Gasteiger partial charge is 0.469 e. The Balaban J connectivity index is 1.76. The van der Waals surface area contributed by atoms with Crippen LogP contribution in [0.3, 0.4) is 0 Å². The van der Waals surface area contributed by atoms with Gasteiger partial charge >= 0.3 is 5.97 Å². The Morgan fingerprint density at radius 1 is 1.17 bits per heavy atom. The maximum atomic E-state index is 12.6. The van der Waals surface area contributed by atoms with E-state index in [0.717, 1.165) is 37.7 Å². The van der Waals surface area contributed by atoms with Crippen molar-refractivity contribution in [3.63, 3.8) is 0 Å². The van der Waals surface area contributed by atoms with Crippen molar-refractivity contribution < 1.29 is 14.6 Å². The molecule has 3 heteroatoms. The van der Waals surface area contributed by atoms with E-state index < -0.39 is 0 Å². The van der Waals surface area contributed by atoms with E-state index in [0.29, 0.717) is 17.8 Å². The lowest BCUT2D eigenvalue weighted by Crippen LogP contribution is -2.65. The third-order valence-electron chi connectivity index (χ3n) is 8.92. The van der Waals surface area contributed by atoms with E-state index in [2.05, 4.69) is 20.4 Å². The van der Waals surface area contributed by atoms with Crippen molar-refractivity contribution in [1.29, 1.82) is 0 Å². The number of hydrogen-bond acceptors (Lipinski definition) is 3. The summed E-state index contributed by atoms with van der Waals surface area (Å²) in [6.45, 7) is 8.79. The maximum Gasteiger partial charge on any atom is 0.311 e. The average Bonchev–Trinajstić information content (AvgIpc) is 2.58.